The first-order valence-corrected chi connectivity index (χ1v) is 15.0. The highest BCUT2D eigenvalue weighted by Crippen LogP contribution is 2.44. The molecule has 3 aromatic rings. The van der Waals surface area contributed by atoms with Crippen molar-refractivity contribution in [2.75, 3.05) is 16.1 Å². The molecule has 2 atom stereocenters. The average molecular weight is 636 g/mol. The number of rotatable bonds is 7. The first-order valence-electron chi connectivity index (χ1n) is 12.4. The number of fused-ring (bicyclic) bond motifs is 1. The third-order valence-corrected chi connectivity index (χ3v) is 7.41. The Kier molecular flexibility index (Phi) is 8.71. The van der Waals surface area contributed by atoms with E-state index >= 15 is 0 Å². The topological polar surface area (TPSA) is 123 Å². The summed E-state index contributed by atoms with van der Waals surface area (Å²) in [5.74, 6) is -0.199. The highest BCUT2D eigenvalue weighted by molar-refractivity contribution is 7.88. The van der Waals surface area contributed by atoms with Gasteiger partial charge in [-0.1, -0.05) is 40.3 Å². The van der Waals surface area contributed by atoms with Gasteiger partial charge in [0.2, 0.25) is 0 Å². The van der Waals surface area contributed by atoms with Gasteiger partial charge in [-0.2, -0.15) is 13.2 Å². The lowest BCUT2D eigenvalue weighted by Crippen LogP contribution is -2.49. The molecule has 3 heterocycles. The maximum atomic E-state index is 13.8. The van der Waals surface area contributed by atoms with Crippen LogP contribution < -0.4 is 9.80 Å². The maximum absolute atomic E-state index is 13.8. The van der Waals surface area contributed by atoms with E-state index in [0.717, 1.165) is 12.3 Å². The second-order valence-corrected chi connectivity index (χ2v) is 12.4. The van der Waals surface area contributed by atoms with Crippen molar-refractivity contribution in [1.82, 2.24) is 24.6 Å². The Morgan fingerprint density at radius 2 is 1.85 bits per heavy atom. The Hall–Kier alpha value is -3.17. The zero-order valence-electron chi connectivity index (χ0n) is 22.3. The quantitative estimate of drug-likeness (QED) is 0.332. The van der Waals surface area contributed by atoms with E-state index < -0.39 is 46.2 Å². The van der Waals surface area contributed by atoms with E-state index in [1.54, 1.807) is 26.0 Å². The van der Waals surface area contributed by atoms with Crippen LogP contribution in [0.2, 0.25) is 10.0 Å². The molecule has 0 radical (unpaired) electrons. The van der Waals surface area contributed by atoms with Gasteiger partial charge in [0.05, 0.1) is 29.8 Å². The van der Waals surface area contributed by atoms with Crippen LogP contribution in [0.15, 0.2) is 30.3 Å². The van der Waals surface area contributed by atoms with Crippen LogP contribution in [0.1, 0.15) is 56.6 Å². The molecule has 1 aliphatic heterocycles. The van der Waals surface area contributed by atoms with Crippen molar-refractivity contribution >= 4 is 51.0 Å². The van der Waals surface area contributed by atoms with Crippen molar-refractivity contribution in [2.24, 2.45) is 0 Å². The summed E-state index contributed by atoms with van der Waals surface area (Å²) in [6.45, 7) is 5.07. The summed E-state index contributed by atoms with van der Waals surface area (Å²) in [6, 6.07) is 5.17. The number of hydrogen-bond donors (Lipinski definition) is 0. The van der Waals surface area contributed by atoms with E-state index in [-0.39, 0.29) is 30.3 Å². The van der Waals surface area contributed by atoms with E-state index in [9.17, 15) is 26.4 Å². The summed E-state index contributed by atoms with van der Waals surface area (Å²) < 4.78 is 71.5. The lowest BCUT2D eigenvalue weighted by molar-refractivity contribution is -0.141. The number of benzene rings is 1. The number of halogens is 5. The predicted molar refractivity (Wildman–Crippen MR) is 145 cm³/mol. The van der Waals surface area contributed by atoms with Crippen molar-refractivity contribution in [2.45, 2.75) is 64.5 Å². The molecule has 41 heavy (non-hydrogen) atoms. The van der Waals surface area contributed by atoms with E-state index in [1.807, 2.05) is 6.92 Å². The Labute approximate surface area is 244 Å². The molecular weight excluding hydrogens is 610 g/mol. The summed E-state index contributed by atoms with van der Waals surface area (Å²) in [6.07, 6.45) is -4.65. The van der Waals surface area contributed by atoms with Crippen LogP contribution in [0.4, 0.5) is 29.6 Å². The molecule has 0 saturated carbocycles. The number of pyridine rings is 1. The number of amides is 1. The minimum atomic E-state index is -4.78. The van der Waals surface area contributed by atoms with E-state index in [4.69, 9.17) is 27.9 Å². The minimum absolute atomic E-state index is 0.0648. The summed E-state index contributed by atoms with van der Waals surface area (Å²) in [7, 11) is -3.94. The van der Waals surface area contributed by atoms with Crippen molar-refractivity contribution in [1.29, 1.82) is 0 Å². The van der Waals surface area contributed by atoms with Gasteiger partial charge in [0, 0.05) is 22.6 Å². The van der Waals surface area contributed by atoms with Gasteiger partial charge < -0.3 is 9.64 Å². The molecule has 222 valence electrons. The number of aromatic nitrogens is 5. The molecule has 0 unspecified atom stereocenters. The largest absolute Gasteiger partial charge is 0.446 e. The molecule has 4 rings (SSSR count). The summed E-state index contributed by atoms with van der Waals surface area (Å²) >= 11 is 12.4. The lowest BCUT2D eigenvalue weighted by Gasteiger charge is -2.43. The van der Waals surface area contributed by atoms with Crippen LogP contribution in [0, 0.1) is 0 Å². The smallest absolute Gasteiger partial charge is 0.433 e. The Morgan fingerprint density at radius 3 is 2.39 bits per heavy atom. The van der Waals surface area contributed by atoms with Gasteiger partial charge in [-0.25, -0.2) is 18.2 Å². The van der Waals surface area contributed by atoms with Crippen molar-refractivity contribution < 1.29 is 31.1 Å². The zero-order chi connectivity index (χ0) is 30.3. The SMILES string of the molecule is CC[C@@H]1C[C@H](N(Cc2cc(Cl)cc(Cl)c2)c2nnn(S(C)(=O)=O)n2)c2nc(C(F)(F)F)ccc2N1C(=O)OC(C)C. The standard InChI is InChI=1S/C24H26Cl2F3N7O4S/c1-5-17-11-19(21-18(35(17)23(37)40-13(2)3)6-7-20(30-21)24(27,28)29)34(12-14-8-15(25)10-16(26)9-14)22-31-33-36(32-22)41(4,38)39/h6-10,13,17,19H,5,11-12H2,1-4H3/t17-,19+/m1/s1. The minimum Gasteiger partial charge on any atom is -0.446 e. The average Bonchev–Trinajstić information content (AvgIpc) is 3.35. The number of tetrazole rings is 1. The maximum Gasteiger partial charge on any atom is 0.433 e. The number of ether oxygens (including phenoxy) is 1. The summed E-state index contributed by atoms with van der Waals surface area (Å²) in [4.78, 5) is 19.9. The van der Waals surface area contributed by atoms with Crippen LogP contribution in [0.25, 0.3) is 0 Å². The molecule has 2 aromatic heterocycles. The fourth-order valence-electron chi connectivity index (χ4n) is 4.55. The summed E-state index contributed by atoms with van der Waals surface area (Å²) in [5, 5.41) is 12.1. The normalized spacial score (nSPS) is 17.5. The lowest BCUT2D eigenvalue weighted by atomic mass is 9.92. The number of carbonyl (C=O) groups is 1. The molecule has 0 aliphatic carbocycles. The van der Waals surface area contributed by atoms with Gasteiger partial charge in [0.15, 0.2) is 0 Å². The molecule has 0 saturated heterocycles. The number of anilines is 2. The van der Waals surface area contributed by atoms with Crippen LogP contribution in [-0.4, -0.2) is 57.5 Å². The zero-order valence-corrected chi connectivity index (χ0v) is 24.6. The molecular formula is C24H26Cl2F3N7O4S. The third kappa shape index (κ3) is 6.84. The van der Waals surface area contributed by atoms with Gasteiger partial charge in [-0.05, 0) is 72.0 Å². The third-order valence-electron chi connectivity index (χ3n) is 6.22. The first kappa shape index (κ1) is 30.8. The van der Waals surface area contributed by atoms with Crippen molar-refractivity contribution in [3.05, 3.63) is 57.3 Å². The van der Waals surface area contributed by atoms with E-state index in [0.29, 0.717) is 26.2 Å². The van der Waals surface area contributed by atoms with Crippen molar-refractivity contribution in [3.63, 3.8) is 0 Å². The first-order chi connectivity index (χ1) is 19.1. The van der Waals surface area contributed by atoms with Crippen LogP contribution in [0.3, 0.4) is 0 Å². The van der Waals surface area contributed by atoms with Gasteiger partial charge in [0.25, 0.3) is 16.0 Å². The second-order valence-electron chi connectivity index (χ2n) is 9.70. The predicted octanol–water partition coefficient (Wildman–Crippen LogP) is 5.48. The van der Waals surface area contributed by atoms with Crippen molar-refractivity contribution in [3.8, 4) is 0 Å². The molecule has 1 amide bonds. The second kappa shape index (κ2) is 11.6. The summed E-state index contributed by atoms with van der Waals surface area (Å²) in [5.41, 5.74) is -0.640. The molecule has 0 bridgehead atoms. The fourth-order valence-corrected chi connectivity index (χ4v) is 5.51. The Bertz CT molecular complexity index is 1530. The number of hydrogen-bond acceptors (Lipinski definition) is 9. The monoisotopic (exact) mass is 635 g/mol. The number of alkyl halides is 3. The Morgan fingerprint density at radius 1 is 1.20 bits per heavy atom. The van der Waals surface area contributed by atoms with Gasteiger partial charge in [-0.3, -0.25) is 4.90 Å². The molecule has 0 spiro atoms. The van der Waals surface area contributed by atoms with E-state index in [2.05, 4.69) is 20.4 Å². The number of nitrogens with zero attached hydrogens (tertiary/aromatic N) is 7. The fraction of sp³-hybridized carbons (Fsp3) is 0.458. The van der Waals surface area contributed by atoms with Crippen LogP contribution in [0.5, 0.6) is 0 Å². The molecule has 0 N–H and O–H groups in total. The van der Waals surface area contributed by atoms with Crippen LogP contribution >= 0.6 is 23.2 Å². The molecule has 0 fully saturated rings. The molecule has 1 aromatic carbocycles. The van der Waals surface area contributed by atoms with E-state index in [1.165, 1.54) is 21.9 Å². The molecule has 1 aliphatic rings. The van der Waals surface area contributed by atoms with Gasteiger partial charge in [0.1, 0.15) is 5.69 Å². The van der Waals surface area contributed by atoms with Gasteiger partial charge >= 0.3 is 12.3 Å². The highest BCUT2D eigenvalue weighted by atomic mass is 35.5. The highest BCUT2D eigenvalue weighted by Gasteiger charge is 2.43. The molecule has 17 heteroatoms. The number of carbonyl (C=O) groups excluding carboxylic acids is 1. The van der Waals surface area contributed by atoms with Gasteiger partial charge in [-0.15, -0.1) is 0 Å². The van der Waals surface area contributed by atoms with Crippen LogP contribution in [-0.2, 0) is 27.5 Å². The molecule has 11 nitrogen and oxygen atoms in total. The Balaban J connectivity index is 1.93.